The Hall–Kier alpha value is -1.81. The molecule has 4 nitrogen and oxygen atoms in total. The predicted molar refractivity (Wildman–Crippen MR) is 82.4 cm³/mol. The zero-order valence-corrected chi connectivity index (χ0v) is 12.1. The van der Waals surface area contributed by atoms with Gasteiger partial charge in [-0.05, 0) is 32.0 Å². The number of nitrogens with one attached hydrogen (secondary N) is 1. The van der Waals surface area contributed by atoms with Gasteiger partial charge in [0.25, 0.3) is 0 Å². The Morgan fingerprint density at radius 1 is 1.30 bits per heavy atom. The quantitative estimate of drug-likeness (QED) is 0.876. The molecule has 0 amide bonds. The zero-order valence-electron chi connectivity index (χ0n) is 12.1. The molecule has 0 spiro atoms. The molecule has 1 N–H and O–H groups in total. The number of aromatic nitrogens is 1. The third-order valence-electron chi connectivity index (χ3n) is 3.91. The molecule has 0 unspecified atom stereocenters. The molecule has 1 saturated carbocycles. The van der Waals surface area contributed by atoms with Gasteiger partial charge in [0.1, 0.15) is 11.6 Å². The molecular formula is C16H21N3O. The highest BCUT2D eigenvalue weighted by molar-refractivity contribution is 5.95. The molecular weight excluding hydrogens is 250 g/mol. The first-order valence-corrected chi connectivity index (χ1v) is 7.15. The lowest BCUT2D eigenvalue weighted by Gasteiger charge is -2.16. The van der Waals surface area contributed by atoms with Crippen LogP contribution in [-0.2, 0) is 0 Å². The average molecular weight is 271 g/mol. The van der Waals surface area contributed by atoms with E-state index in [-0.39, 0.29) is 0 Å². The van der Waals surface area contributed by atoms with Crippen LogP contribution in [0.4, 0.5) is 5.82 Å². The van der Waals surface area contributed by atoms with E-state index in [1.807, 2.05) is 24.4 Å². The normalized spacial score (nSPS) is 14.8. The number of pyridine rings is 1. The van der Waals surface area contributed by atoms with Crippen LogP contribution in [0.15, 0.2) is 30.5 Å². The molecule has 1 aliphatic carbocycles. The number of methoxy groups -OCH3 is 1. The van der Waals surface area contributed by atoms with Gasteiger partial charge in [-0.2, -0.15) is 0 Å². The molecule has 1 aromatic heterocycles. The van der Waals surface area contributed by atoms with Crippen LogP contribution in [0.5, 0.6) is 5.75 Å². The Labute approximate surface area is 119 Å². The lowest BCUT2D eigenvalue weighted by atomic mass is 10.1. The van der Waals surface area contributed by atoms with E-state index in [0.717, 1.165) is 41.5 Å². The van der Waals surface area contributed by atoms with Gasteiger partial charge in [-0.1, -0.05) is 12.1 Å². The maximum Gasteiger partial charge on any atom is 0.133 e. The number of anilines is 1. The van der Waals surface area contributed by atoms with E-state index in [0.29, 0.717) is 0 Å². The lowest BCUT2D eigenvalue weighted by Crippen LogP contribution is -2.27. The van der Waals surface area contributed by atoms with E-state index >= 15 is 0 Å². The minimum Gasteiger partial charge on any atom is -0.496 e. The highest BCUT2D eigenvalue weighted by Crippen LogP contribution is 2.29. The Morgan fingerprint density at radius 3 is 2.90 bits per heavy atom. The van der Waals surface area contributed by atoms with Crippen LogP contribution < -0.4 is 10.1 Å². The van der Waals surface area contributed by atoms with Crippen molar-refractivity contribution in [2.24, 2.45) is 0 Å². The molecule has 1 aromatic carbocycles. The fourth-order valence-corrected chi connectivity index (χ4v) is 2.55. The van der Waals surface area contributed by atoms with Gasteiger partial charge in [0.15, 0.2) is 0 Å². The minimum absolute atomic E-state index is 0.803. The van der Waals surface area contributed by atoms with Crippen molar-refractivity contribution in [2.75, 3.05) is 32.6 Å². The molecule has 2 aromatic rings. The van der Waals surface area contributed by atoms with E-state index in [4.69, 9.17) is 4.74 Å². The second-order valence-corrected chi connectivity index (χ2v) is 5.35. The highest BCUT2D eigenvalue weighted by Gasteiger charge is 2.25. The molecule has 1 fully saturated rings. The maximum absolute atomic E-state index is 5.40. The van der Waals surface area contributed by atoms with E-state index in [1.54, 1.807) is 7.11 Å². The first kappa shape index (κ1) is 13.2. The summed E-state index contributed by atoms with van der Waals surface area (Å²) in [6, 6.07) is 8.86. The predicted octanol–water partition coefficient (Wildman–Crippen LogP) is 2.75. The first-order valence-electron chi connectivity index (χ1n) is 7.15. The van der Waals surface area contributed by atoms with Crippen LogP contribution in [0.25, 0.3) is 10.8 Å². The summed E-state index contributed by atoms with van der Waals surface area (Å²) in [7, 11) is 3.89. The van der Waals surface area contributed by atoms with Gasteiger partial charge in [-0.3, -0.25) is 0 Å². The summed E-state index contributed by atoms with van der Waals surface area (Å²) in [5, 5.41) is 5.66. The summed E-state index contributed by atoms with van der Waals surface area (Å²) < 4.78 is 5.40. The third kappa shape index (κ3) is 2.70. The van der Waals surface area contributed by atoms with Crippen molar-refractivity contribution in [3.63, 3.8) is 0 Å². The van der Waals surface area contributed by atoms with Gasteiger partial charge in [0.2, 0.25) is 0 Å². The largest absolute Gasteiger partial charge is 0.496 e. The smallest absolute Gasteiger partial charge is 0.133 e. The van der Waals surface area contributed by atoms with Gasteiger partial charge in [0, 0.05) is 36.1 Å². The van der Waals surface area contributed by atoms with Gasteiger partial charge in [-0.25, -0.2) is 4.98 Å². The molecule has 0 aliphatic heterocycles. The second kappa shape index (κ2) is 5.67. The molecule has 1 aliphatic rings. The Kier molecular flexibility index (Phi) is 3.74. The van der Waals surface area contributed by atoms with Crippen molar-refractivity contribution in [1.82, 2.24) is 9.88 Å². The van der Waals surface area contributed by atoms with E-state index in [2.05, 4.69) is 28.3 Å². The topological polar surface area (TPSA) is 37.4 Å². The van der Waals surface area contributed by atoms with Gasteiger partial charge in [-0.15, -0.1) is 0 Å². The fraction of sp³-hybridized carbons (Fsp3) is 0.438. The molecule has 0 bridgehead atoms. The average Bonchev–Trinajstić information content (AvgIpc) is 3.31. The van der Waals surface area contributed by atoms with Gasteiger partial charge in [0.05, 0.1) is 7.11 Å². The number of ether oxygens (including phenoxy) is 1. The van der Waals surface area contributed by atoms with Crippen LogP contribution in [0.3, 0.4) is 0 Å². The number of hydrogen-bond donors (Lipinski definition) is 1. The minimum atomic E-state index is 0.803. The van der Waals surface area contributed by atoms with Crippen molar-refractivity contribution in [3.8, 4) is 5.75 Å². The fourth-order valence-electron chi connectivity index (χ4n) is 2.55. The molecule has 4 heteroatoms. The summed E-state index contributed by atoms with van der Waals surface area (Å²) in [6.07, 6.45) is 4.53. The SMILES string of the molecule is COc1cccc2c(NCCN(C)C3CC3)nccc12. The maximum atomic E-state index is 5.40. The second-order valence-electron chi connectivity index (χ2n) is 5.35. The summed E-state index contributed by atoms with van der Waals surface area (Å²) in [5.41, 5.74) is 0. The van der Waals surface area contributed by atoms with Crippen LogP contribution in [-0.4, -0.2) is 43.2 Å². The summed E-state index contributed by atoms with van der Waals surface area (Å²) in [6.45, 7) is 1.96. The molecule has 3 rings (SSSR count). The molecule has 106 valence electrons. The Morgan fingerprint density at radius 2 is 2.15 bits per heavy atom. The zero-order chi connectivity index (χ0) is 13.9. The lowest BCUT2D eigenvalue weighted by molar-refractivity contribution is 0.337. The molecule has 0 atom stereocenters. The Balaban J connectivity index is 1.73. The number of hydrogen-bond acceptors (Lipinski definition) is 4. The molecule has 0 radical (unpaired) electrons. The summed E-state index contributed by atoms with van der Waals surface area (Å²) in [4.78, 5) is 6.87. The summed E-state index contributed by atoms with van der Waals surface area (Å²) in [5.74, 6) is 1.83. The number of nitrogens with zero attached hydrogens (tertiary/aromatic N) is 2. The van der Waals surface area contributed by atoms with E-state index < -0.39 is 0 Å². The van der Waals surface area contributed by atoms with Crippen molar-refractivity contribution in [1.29, 1.82) is 0 Å². The van der Waals surface area contributed by atoms with Crippen LogP contribution >= 0.6 is 0 Å². The van der Waals surface area contributed by atoms with Crippen molar-refractivity contribution in [2.45, 2.75) is 18.9 Å². The van der Waals surface area contributed by atoms with Crippen LogP contribution in [0, 0.1) is 0 Å². The number of rotatable bonds is 6. The van der Waals surface area contributed by atoms with Gasteiger partial charge >= 0.3 is 0 Å². The van der Waals surface area contributed by atoms with E-state index in [1.165, 1.54) is 12.8 Å². The monoisotopic (exact) mass is 271 g/mol. The molecule has 0 saturated heterocycles. The highest BCUT2D eigenvalue weighted by atomic mass is 16.5. The van der Waals surface area contributed by atoms with Crippen molar-refractivity contribution >= 4 is 16.6 Å². The summed E-state index contributed by atoms with van der Waals surface area (Å²) >= 11 is 0. The van der Waals surface area contributed by atoms with Crippen LogP contribution in [0.1, 0.15) is 12.8 Å². The van der Waals surface area contributed by atoms with Crippen molar-refractivity contribution in [3.05, 3.63) is 30.5 Å². The number of likely N-dealkylation sites (N-methyl/N-ethyl adjacent to an activating group) is 1. The van der Waals surface area contributed by atoms with E-state index in [9.17, 15) is 0 Å². The Bertz CT molecular complexity index is 595. The molecule has 20 heavy (non-hydrogen) atoms. The van der Waals surface area contributed by atoms with Gasteiger partial charge < -0.3 is 15.0 Å². The standard InChI is InChI=1S/C16H21N3O/c1-19(12-6-7-12)11-10-18-16-14-4-3-5-15(20-2)13(14)8-9-17-16/h3-5,8-9,12H,6-7,10-11H2,1-2H3,(H,17,18). The van der Waals surface area contributed by atoms with Crippen molar-refractivity contribution < 1.29 is 4.74 Å². The van der Waals surface area contributed by atoms with Crippen LogP contribution in [0.2, 0.25) is 0 Å². The number of fused-ring (bicyclic) bond motifs is 1. The first-order chi connectivity index (χ1) is 9.79. The number of benzene rings is 1. The molecule has 1 heterocycles. The third-order valence-corrected chi connectivity index (χ3v) is 3.91.